The minimum Gasteiger partial charge on any atom is -0.376 e. The fraction of sp³-hybridized carbons (Fsp3) is 0.529. The van der Waals surface area contributed by atoms with Gasteiger partial charge in [0, 0.05) is 26.2 Å². The largest absolute Gasteiger partial charge is 0.376 e. The number of nitrogens with one attached hydrogen (secondary N) is 1. The lowest BCUT2D eigenvalue weighted by molar-refractivity contribution is 0.375. The summed E-state index contributed by atoms with van der Waals surface area (Å²) < 4.78 is 31.2. The minimum atomic E-state index is -3.49. The van der Waals surface area contributed by atoms with Gasteiger partial charge in [0.05, 0.1) is 11.4 Å². The van der Waals surface area contributed by atoms with Gasteiger partial charge in [-0.15, -0.1) is 0 Å². The predicted octanol–water partition coefficient (Wildman–Crippen LogP) is 2.75. The summed E-state index contributed by atoms with van der Waals surface area (Å²) in [5.74, 6) is 1.62. The summed E-state index contributed by atoms with van der Waals surface area (Å²) >= 11 is 0. The summed E-state index contributed by atoms with van der Waals surface area (Å²) in [6, 6.07) is 3.33. The Morgan fingerprint density at radius 3 is 2.52 bits per heavy atom. The molecular weight excluding hydrogens is 340 g/mol. The van der Waals surface area contributed by atoms with Crippen LogP contribution in [-0.4, -0.2) is 37.0 Å². The van der Waals surface area contributed by atoms with E-state index in [2.05, 4.69) is 29.3 Å². The van der Waals surface area contributed by atoms with Gasteiger partial charge in [-0.1, -0.05) is 19.0 Å². The Bertz CT molecular complexity index is 842. The number of benzene rings is 1. The summed E-state index contributed by atoms with van der Waals surface area (Å²) in [5, 5.41) is 7.17. The van der Waals surface area contributed by atoms with Gasteiger partial charge in [-0.3, -0.25) is 0 Å². The van der Waals surface area contributed by atoms with Gasteiger partial charge in [-0.25, -0.2) is 12.7 Å². The maximum atomic E-state index is 12.4. The highest BCUT2D eigenvalue weighted by molar-refractivity contribution is 7.89. The molecule has 0 spiro atoms. The van der Waals surface area contributed by atoms with Crippen LogP contribution in [0.1, 0.15) is 36.7 Å². The van der Waals surface area contributed by atoms with E-state index in [4.69, 9.17) is 4.52 Å². The second kappa shape index (κ2) is 7.53. The number of hydrogen-bond acceptors (Lipinski definition) is 6. The van der Waals surface area contributed by atoms with Crippen molar-refractivity contribution in [2.45, 2.75) is 45.6 Å². The van der Waals surface area contributed by atoms with E-state index in [-0.39, 0.29) is 4.90 Å². The van der Waals surface area contributed by atoms with E-state index in [9.17, 15) is 8.42 Å². The predicted molar refractivity (Wildman–Crippen MR) is 97.0 cm³/mol. The molecule has 1 aromatic heterocycles. The molecule has 0 unspecified atom stereocenters. The fourth-order valence-corrected chi connectivity index (χ4v) is 3.36. The van der Waals surface area contributed by atoms with Crippen LogP contribution in [0.15, 0.2) is 21.6 Å². The monoisotopic (exact) mass is 366 g/mol. The van der Waals surface area contributed by atoms with Crippen molar-refractivity contribution in [3.8, 4) is 0 Å². The van der Waals surface area contributed by atoms with Crippen LogP contribution in [0, 0.1) is 19.8 Å². The second-order valence-electron chi connectivity index (χ2n) is 6.76. The summed E-state index contributed by atoms with van der Waals surface area (Å²) in [6.07, 6.45) is 0.762. The van der Waals surface area contributed by atoms with E-state index in [0.717, 1.165) is 23.2 Å². The Labute approximate surface area is 149 Å². The molecule has 2 aromatic rings. The van der Waals surface area contributed by atoms with Gasteiger partial charge >= 0.3 is 0 Å². The van der Waals surface area contributed by atoms with Crippen molar-refractivity contribution in [2.24, 2.45) is 5.92 Å². The number of hydrogen-bond donors (Lipinski definition) is 1. The number of nitrogens with zero attached hydrogens (tertiary/aromatic N) is 3. The summed E-state index contributed by atoms with van der Waals surface area (Å²) in [7, 11) is -0.449. The normalized spacial score (nSPS) is 12.2. The van der Waals surface area contributed by atoms with Gasteiger partial charge in [0.1, 0.15) is 0 Å². The molecule has 25 heavy (non-hydrogen) atoms. The summed E-state index contributed by atoms with van der Waals surface area (Å²) in [4.78, 5) is 4.61. The summed E-state index contributed by atoms with van der Waals surface area (Å²) in [6.45, 7) is 8.37. The van der Waals surface area contributed by atoms with Crippen LogP contribution >= 0.6 is 0 Å². The molecule has 0 fully saturated rings. The molecule has 1 heterocycles. The molecule has 0 saturated carbocycles. The van der Waals surface area contributed by atoms with Crippen molar-refractivity contribution in [1.82, 2.24) is 14.4 Å². The van der Waals surface area contributed by atoms with Crippen LogP contribution in [0.4, 0.5) is 5.69 Å². The Morgan fingerprint density at radius 2 is 1.92 bits per heavy atom. The average Bonchev–Trinajstić information content (AvgIpc) is 2.94. The number of aromatic nitrogens is 2. The third-order valence-electron chi connectivity index (χ3n) is 3.95. The van der Waals surface area contributed by atoms with Gasteiger partial charge in [-0.2, -0.15) is 4.98 Å². The lowest BCUT2D eigenvalue weighted by atomic mass is 10.1. The van der Waals surface area contributed by atoms with E-state index < -0.39 is 10.0 Å². The highest BCUT2D eigenvalue weighted by Crippen LogP contribution is 2.26. The molecule has 0 radical (unpaired) electrons. The topological polar surface area (TPSA) is 88.3 Å². The first kappa shape index (κ1) is 19.4. The van der Waals surface area contributed by atoms with Gasteiger partial charge < -0.3 is 9.84 Å². The first-order valence-corrected chi connectivity index (χ1v) is 9.64. The third kappa shape index (κ3) is 4.58. The Balaban J connectivity index is 2.22. The fourth-order valence-electron chi connectivity index (χ4n) is 2.35. The van der Waals surface area contributed by atoms with Gasteiger partial charge in [0.15, 0.2) is 5.82 Å². The van der Waals surface area contributed by atoms with E-state index >= 15 is 0 Å². The van der Waals surface area contributed by atoms with Crippen LogP contribution in [-0.2, 0) is 23.0 Å². The molecule has 0 bridgehead atoms. The van der Waals surface area contributed by atoms with Gasteiger partial charge in [-0.05, 0) is 43.0 Å². The zero-order chi connectivity index (χ0) is 18.8. The quantitative estimate of drug-likeness (QED) is 0.810. The molecule has 0 amide bonds. The standard InChI is InChI=1S/C17H26N4O3S/c1-11(2)7-16-19-17(24-20-16)10-18-15-9-14(8-12(3)13(15)4)25(22,23)21(5)6/h8-9,11,18H,7,10H2,1-6H3. The SMILES string of the molecule is Cc1cc(S(=O)(=O)N(C)C)cc(NCc2nc(CC(C)C)no2)c1C. The molecule has 0 saturated heterocycles. The highest BCUT2D eigenvalue weighted by atomic mass is 32.2. The lowest BCUT2D eigenvalue weighted by Gasteiger charge is -2.16. The van der Waals surface area contributed by atoms with E-state index in [0.29, 0.717) is 24.2 Å². The average molecular weight is 366 g/mol. The zero-order valence-corrected chi connectivity index (χ0v) is 16.4. The van der Waals surface area contributed by atoms with Crippen molar-refractivity contribution < 1.29 is 12.9 Å². The Morgan fingerprint density at radius 1 is 1.24 bits per heavy atom. The van der Waals surface area contributed by atoms with Crippen LogP contribution in [0.25, 0.3) is 0 Å². The first-order chi connectivity index (χ1) is 11.6. The molecule has 138 valence electrons. The second-order valence-corrected chi connectivity index (χ2v) is 8.91. The van der Waals surface area contributed by atoms with Gasteiger partial charge in [0.2, 0.25) is 15.9 Å². The molecular formula is C17H26N4O3S. The smallest absolute Gasteiger partial charge is 0.245 e. The molecule has 0 aliphatic heterocycles. The molecule has 0 aliphatic rings. The number of sulfonamides is 1. The van der Waals surface area contributed by atoms with E-state index in [1.54, 1.807) is 12.1 Å². The van der Waals surface area contributed by atoms with Crippen molar-refractivity contribution in [2.75, 3.05) is 19.4 Å². The Hall–Kier alpha value is -1.93. The van der Waals surface area contributed by atoms with E-state index in [1.165, 1.54) is 18.4 Å². The van der Waals surface area contributed by atoms with Crippen molar-refractivity contribution in [3.63, 3.8) is 0 Å². The first-order valence-electron chi connectivity index (χ1n) is 8.20. The molecule has 1 N–H and O–H groups in total. The van der Waals surface area contributed by atoms with Crippen LogP contribution in [0.5, 0.6) is 0 Å². The number of anilines is 1. The van der Waals surface area contributed by atoms with Crippen LogP contribution in [0.2, 0.25) is 0 Å². The number of rotatable bonds is 7. The van der Waals surface area contributed by atoms with Crippen LogP contribution in [0.3, 0.4) is 0 Å². The van der Waals surface area contributed by atoms with Crippen molar-refractivity contribution in [3.05, 3.63) is 35.0 Å². The third-order valence-corrected chi connectivity index (χ3v) is 5.74. The Kier molecular flexibility index (Phi) is 5.84. The van der Waals surface area contributed by atoms with E-state index in [1.807, 2.05) is 13.8 Å². The summed E-state index contributed by atoms with van der Waals surface area (Å²) in [5.41, 5.74) is 2.63. The maximum absolute atomic E-state index is 12.4. The molecule has 8 heteroatoms. The van der Waals surface area contributed by atoms with Gasteiger partial charge in [0.25, 0.3) is 0 Å². The maximum Gasteiger partial charge on any atom is 0.245 e. The van der Waals surface area contributed by atoms with Crippen molar-refractivity contribution in [1.29, 1.82) is 0 Å². The zero-order valence-electron chi connectivity index (χ0n) is 15.6. The van der Waals surface area contributed by atoms with Crippen molar-refractivity contribution >= 4 is 15.7 Å². The highest BCUT2D eigenvalue weighted by Gasteiger charge is 2.19. The lowest BCUT2D eigenvalue weighted by Crippen LogP contribution is -2.22. The molecule has 1 aromatic carbocycles. The molecule has 7 nitrogen and oxygen atoms in total. The molecule has 0 aliphatic carbocycles. The number of aryl methyl sites for hydroxylation is 1. The van der Waals surface area contributed by atoms with Crippen LogP contribution < -0.4 is 5.32 Å². The molecule has 0 atom stereocenters. The minimum absolute atomic E-state index is 0.258. The molecule has 2 rings (SSSR count).